The number of carbonyl (C=O) groups excluding carboxylic acids is 1. The SMILES string of the molecule is CC(C)(C)OC(=O)Nc1ccc(CCNCc2nccs2)cc1. The number of benzene rings is 1. The van der Waals surface area contributed by atoms with Crippen LogP contribution < -0.4 is 10.6 Å². The molecule has 1 amide bonds. The van der Waals surface area contributed by atoms with E-state index in [2.05, 4.69) is 15.6 Å². The predicted octanol–water partition coefficient (Wildman–Crippen LogP) is 3.82. The van der Waals surface area contributed by atoms with E-state index < -0.39 is 11.7 Å². The Morgan fingerprint density at radius 1 is 1.26 bits per heavy atom. The third-order valence-electron chi connectivity index (χ3n) is 2.95. The van der Waals surface area contributed by atoms with Crippen molar-refractivity contribution in [2.24, 2.45) is 0 Å². The smallest absolute Gasteiger partial charge is 0.412 e. The maximum Gasteiger partial charge on any atom is 0.412 e. The van der Waals surface area contributed by atoms with Crippen molar-refractivity contribution in [1.29, 1.82) is 0 Å². The van der Waals surface area contributed by atoms with Crippen LogP contribution in [0.5, 0.6) is 0 Å². The largest absolute Gasteiger partial charge is 0.444 e. The third kappa shape index (κ3) is 6.80. The molecular formula is C17H23N3O2S. The van der Waals surface area contributed by atoms with Crippen LogP contribution in [0, 0.1) is 0 Å². The minimum absolute atomic E-state index is 0.435. The molecule has 23 heavy (non-hydrogen) atoms. The molecule has 0 aliphatic heterocycles. The standard InChI is InChI=1S/C17H23N3O2S/c1-17(2,3)22-16(21)20-14-6-4-13(5-7-14)8-9-18-12-15-19-10-11-23-15/h4-7,10-11,18H,8-9,12H2,1-3H3,(H,20,21). The van der Waals surface area contributed by atoms with Gasteiger partial charge in [-0.3, -0.25) is 5.32 Å². The third-order valence-corrected chi connectivity index (χ3v) is 3.73. The van der Waals surface area contributed by atoms with Crippen molar-refractivity contribution in [2.45, 2.75) is 39.3 Å². The van der Waals surface area contributed by atoms with Gasteiger partial charge in [-0.25, -0.2) is 9.78 Å². The monoisotopic (exact) mass is 333 g/mol. The minimum atomic E-state index is -0.493. The maximum atomic E-state index is 11.7. The summed E-state index contributed by atoms with van der Waals surface area (Å²) in [5.74, 6) is 0. The van der Waals surface area contributed by atoms with Crippen LogP contribution in [-0.4, -0.2) is 23.2 Å². The Bertz CT molecular complexity index is 604. The van der Waals surface area contributed by atoms with Gasteiger partial charge in [-0.05, 0) is 51.4 Å². The molecule has 0 bridgehead atoms. The molecule has 0 saturated carbocycles. The second kappa shape index (κ2) is 8.08. The van der Waals surface area contributed by atoms with Crippen molar-refractivity contribution >= 4 is 23.1 Å². The average molecular weight is 333 g/mol. The first-order valence-electron chi connectivity index (χ1n) is 7.60. The summed E-state index contributed by atoms with van der Waals surface area (Å²) in [6, 6.07) is 7.80. The lowest BCUT2D eigenvalue weighted by Crippen LogP contribution is -2.27. The Morgan fingerprint density at radius 3 is 2.61 bits per heavy atom. The fourth-order valence-electron chi connectivity index (χ4n) is 1.94. The molecule has 0 atom stereocenters. The molecular weight excluding hydrogens is 310 g/mol. The van der Waals surface area contributed by atoms with E-state index in [0.717, 1.165) is 30.2 Å². The van der Waals surface area contributed by atoms with Crippen LogP contribution in [0.4, 0.5) is 10.5 Å². The van der Waals surface area contributed by atoms with E-state index in [1.165, 1.54) is 5.56 Å². The van der Waals surface area contributed by atoms with Crippen molar-refractivity contribution < 1.29 is 9.53 Å². The molecule has 5 nitrogen and oxygen atoms in total. The molecule has 2 aromatic rings. The van der Waals surface area contributed by atoms with Gasteiger partial charge in [0.25, 0.3) is 0 Å². The zero-order valence-electron chi connectivity index (χ0n) is 13.8. The summed E-state index contributed by atoms with van der Waals surface area (Å²) in [5.41, 5.74) is 1.46. The minimum Gasteiger partial charge on any atom is -0.444 e. The van der Waals surface area contributed by atoms with Gasteiger partial charge in [-0.1, -0.05) is 12.1 Å². The van der Waals surface area contributed by atoms with Crippen LogP contribution in [0.15, 0.2) is 35.8 Å². The van der Waals surface area contributed by atoms with Crippen LogP contribution in [-0.2, 0) is 17.7 Å². The number of aromatic nitrogens is 1. The van der Waals surface area contributed by atoms with E-state index in [1.54, 1.807) is 11.3 Å². The lowest BCUT2D eigenvalue weighted by Gasteiger charge is -2.19. The van der Waals surface area contributed by atoms with Crippen LogP contribution in [0.3, 0.4) is 0 Å². The molecule has 0 saturated heterocycles. The van der Waals surface area contributed by atoms with Crippen molar-refractivity contribution in [1.82, 2.24) is 10.3 Å². The molecule has 0 aliphatic carbocycles. The first kappa shape index (κ1) is 17.4. The Labute approximate surface area is 141 Å². The van der Waals surface area contributed by atoms with E-state index in [4.69, 9.17) is 4.74 Å². The molecule has 0 fully saturated rings. The first-order valence-corrected chi connectivity index (χ1v) is 8.48. The predicted molar refractivity (Wildman–Crippen MR) is 93.8 cm³/mol. The Hall–Kier alpha value is -1.92. The van der Waals surface area contributed by atoms with E-state index >= 15 is 0 Å². The number of ether oxygens (including phenoxy) is 1. The number of thiazole rings is 1. The lowest BCUT2D eigenvalue weighted by atomic mass is 10.1. The highest BCUT2D eigenvalue weighted by atomic mass is 32.1. The van der Waals surface area contributed by atoms with Gasteiger partial charge in [0.15, 0.2) is 0 Å². The summed E-state index contributed by atoms with van der Waals surface area (Å²) in [4.78, 5) is 15.9. The average Bonchev–Trinajstić information content (AvgIpc) is 2.96. The maximum absolute atomic E-state index is 11.7. The fraction of sp³-hybridized carbons (Fsp3) is 0.412. The van der Waals surface area contributed by atoms with E-state index in [-0.39, 0.29) is 0 Å². The summed E-state index contributed by atoms with van der Waals surface area (Å²) in [7, 11) is 0. The van der Waals surface area contributed by atoms with Crippen LogP contribution in [0.25, 0.3) is 0 Å². The van der Waals surface area contributed by atoms with Crippen molar-refractivity contribution in [2.75, 3.05) is 11.9 Å². The highest BCUT2D eigenvalue weighted by Gasteiger charge is 2.15. The molecule has 2 rings (SSSR count). The van der Waals surface area contributed by atoms with E-state index in [0.29, 0.717) is 0 Å². The number of nitrogens with zero attached hydrogens (tertiary/aromatic N) is 1. The van der Waals surface area contributed by atoms with Gasteiger partial charge in [-0.2, -0.15) is 0 Å². The van der Waals surface area contributed by atoms with E-state index in [9.17, 15) is 4.79 Å². The van der Waals surface area contributed by atoms with Crippen molar-refractivity contribution in [3.8, 4) is 0 Å². The van der Waals surface area contributed by atoms with Gasteiger partial charge < -0.3 is 10.1 Å². The molecule has 2 N–H and O–H groups in total. The van der Waals surface area contributed by atoms with Crippen LogP contribution in [0.1, 0.15) is 31.3 Å². The topological polar surface area (TPSA) is 63.2 Å². The Balaban J connectivity index is 1.72. The van der Waals surface area contributed by atoms with Crippen molar-refractivity contribution in [3.63, 3.8) is 0 Å². The summed E-state index contributed by atoms with van der Waals surface area (Å²) >= 11 is 1.65. The molecule has 6 heteroatoms. The van der Waals surface area contributed by atoms with Gasteiger partial charge in [0.05, 0.1) is 0 Å². The van der Waals surface area contributed by atoms with Gasteiger partial charge in [0, 0.05) is 23.8 Å². The highest BCUT2D eigenvalue weighted by molar-refractivity contribution is 7.09. The Morgan fingerprint density at radius 2 is 2.00 bits per heavy atom. The molecule has 1 aromatic heterocycles. The number of hydrogen-bond acceptors (Lipinski definition) is 5. The summed E-state index contributed by atoms with van der Waals surface area (Å²) in [6.07, 6.45) is 2.31. The summed E-state index contributed by atoms with van der Waals surface area (Å²) in [6.45, 7) is 7.21. The van der Waals surface area contributed by atoms with E-state index in [1.807, 2.05) is 56.6 Å². The number of amides is 1. The lowest BCUT2D eigenvalue weighted by molar-refractivity contribution is 0.0636. The van der Waals surface area contributed by atoms with Gasteiger partial charge in [0.2, 0.25) is 0 Å². The molecule has 124 valence electrons. The Kier molecular flexibility index (Phi) is 6.12. The van der Waals surface area contributed by atoms with Gasteiger partial charge in [-0.15, -0.1) is 11.3 Å². The highest BCUT2D eigenvalue weighted by Crippen LogP contribution is 2.13. The zero-order chi connectivity index (χ0) is 16.7. The normalized spacial score (nSPS) is 11.3. The number of nitrogens with one attached hydrogen (secondary N) is 2. The second-order valence-electron chi connectivity index (χ2n) is 6.18. The second-order valence-corrected chi connectivity index (χ2v) is 7.16. The molecule has 0 spiro atoms. The number of carbonyl (C=O) groups is 1. The number of hydrogen-bond donors (Lipinski definition) is 2. The van der Waals surface area contributed by atoms with Crippen LogP contribution in [0.2, 0.25) is 0 Å². The van der Waals surface area contributed by atoms with Crippen molar-refractivity contribution in [3.05, 3.63) is 46.4 Å². The molecule has 1 heterocycles. The first-order chi connectivity index (χ1) is 10.9. The summed E-state index contributed by atoms with van der Waals surface area (Å²) in [5, 5.41) is 9.17. The molecule has 0 radical (unpaired) electrons. The molecule has 1 aromatic carbocycles. The number of rotatable bonds is 6. The number of anilines is 1. The fourth-order valence-corrected chi connectivity index (χ4v) is 2.53. The zero-order valence-corrected chi connectivity index (χ0v) is 14.6. The molecule has 0 aliphatic rings. The van der Waals surface area contributed by atoms with Gasteiger partial charge >= 0.3 is 6.09 Å². The quantitative estimate of drug-likeness (QED) is 0.789. The van der Waals surface area contributed by atoms with Crippen LogP contribution >= 0.6 is 11.3 Å². The molecule has 0 unspecified atom stereocenters. The summed E-state index contributed by atoms with van der Waals surface area (Å²) < 4.78 is 5.22. The van der Waals surface area contributed by atoms with Gasteiger partial charge in [0.1, 0.15) is 10.6 Å².